The Bertz CT molecular complexity index is 596. The fourth-order valence-corrected chi connectivity index (χ4v) is 1.97. The van der Waals surface area contributed by atoms with Gasteiger partial charge in [-0.15, -0.1) is 24.0 Å². The Morgan fingerprint density at radius 2 is 1.93 bits per heavy atom. The van der Waals surface area contributed by atoms with Crippen molar-refractivity contribution in [1.82, 2.24) is 15.5 Å². The number of rotatable bonds is 9. The molecular formula is C19H33IN4O3. The summed E-state index contributed by atoms with van der Waals surface area (Å²) < 4.78 is 11.1. The maximum Gasteiger partial charge on any atom is 0.243 e. The number of likely N-dealkylation sites (N-methyl/N-ethyl adjacent to an activating group) is 1. The van der Waals surface area contributed by atoms with Crippen LogP contribution in [0.4, 0.5) is 0 Å². The third kappa shape index (κ3) is 10.3. The van der Waals surface area contributed by atoms with Gasteiger partial charge in [-0.2, -0.15) is 0 Å². The third-order valence-corrected chi connectivity index (χ3v) is 3.80. The molecule has 7 nitrogen and oxygen atoms in total. The van der Waals surface area contributed by atoms with Gasteiger partial charge in [-0.25, -0.2) is 4.99 Å². The van der Waals surface area contributed by atoms with Gasteiger partial charge < -0.3 is 25.0 Å². The van der Waals surface area contributed by atoms with Crippen LogP contribution in [-0.4, -0.2) is 63.2 Å². The van der Waals surface area contributed by atoms with Gasteiger partial charge in [-0.1, -0.05) is 13.0 Å². The summed E-state index contributed by atoms with van der Waals surface area (Å²) in [4.78, 5) is 17.7. The standard InChI is InChI=1S/C19H32N4O3.HI/c1-7-14(2)22-19(21-13-18(24)23(4)5)20-12-15(3)26-17-10-8-9-16(11-17)25-6;/h8-11,14-15H,7,12-13H2,1-6H3,(H2,20,21,22);1H. The minimum absolute atomic E-state index is 0. The van der Waals surface area contributed by atoms with E-state index < -0.39 is 0 Å². The Morgan fingerprint density at radius 1 is 1.26 bits per heavy atom. The summed E-state index contributed by atoms with van der Waals surface area (Å²) in [6, 6.07) is 7.75. The molecule has 2 N–H and O–H groups in total. The zero-order valence-electron chi connectivity index (χ0n) is 17.1. The number of hydrogen-bond donors (Lipinski definition) is 2. The van der Waals surface area contributed by atoms with E-state index in [2.05, 4.69) is 29.5 Å². The molecule has 0 saturated carbocycles. The van der Waals surface area contributed by atoms with Crippen molar-refractivity contribution in [2.45, 2.75) is 39.3 Å². The Labute approximate surface area is 179 Å². The van der Waals surface area contributed by atoms with Gasteiger partial charge in [0.25, 0.3) is 0 Å². The van der Waals surface area contributed by atoms with Gasteiger partial charge >= 0.3 is 0 Å². The summed E-state index contributed by atoms with van der Waals surface area (Å²) in [5.74, 6) is 2.06. The molecule has 0 bridgehead atoms. The predicted octanol–water partition coefficient (Wildman–Crippen LogP) is 2.50. The van der Waals surface area contributed by atoms with Gasteiger partial charge in [-0.3, -0.25) is 4.79 Å². The number of nitrogens with one attached hydrogen (secondary N) is 2. The fraction of sp³-hybridized carbons (Fsp3) is 0.579. The second-order valence-corrected chi connectivity index (χ2v) is 6.39. The van der Waals surface area contributed by atoms with E-state index in [0.29, 0.717) is 12.5 Å². The number of amides is 1. The molecule has 1 aromatic carbocycles. The fourth-order valence-electron chi connectivity index (χ4n) is 1.97. The number of carbonyl (C=O) groups excluding carboxylic acids is 1. The van der Waals surface area contributed by atoms with E-state index in [1.165, 1.54) is 4.90 Å². The number of nitrogens with zero attached hydrogens (tertiary/aromatic N) is 2. The number of hydrogen-bond acceptors (Lipinski definition) is 4. The quantitative estimate of drug-likeness (QED) is 0.315. The van der Waals surface area contributed by atoms with Gasteiger partial charge in [-0.05, 0) is 32.4 Å². The highest BCUT2D eigenvalue weighted by Gasteiger charge is 2.10. The van der Waals surface area contributed by atoms with Crippen LogP contribution in [0.15, 0.2) is 29.3 Å². The Hall–Kier alpha value is -1.71. The monoisotopic (exact) mass is 492 g/mol. The molecule has 2 unspecified atom stereocenters. The number of benzene rings is 1. The lowest BCUT2D eigenvalue weighted by molar-refractivity contribution is -0.127. The van der Waals surface area contributed by atoms with Crippen LogP contribution >= 0.6 is 24.0 Å². The molecule has 0 aliphatic carbocycles. The first-order chi connectivity index (χ1) is 12.3. The molecule has 1 aromatic rings. The molecular weight excluding hydrogens is 459 g/mol. The van der Waals surface area contributed by atoms with Crippen molar-refractivity contribution >= 4 is 35.8 Å². The van der Waals surface area contributed by atoms with Crippen molar-refractivity contribution in [2.75, 3.05) is 34.3 Å². The zero-order valence-corrected chi connectivity index (χ0v) is 19.4. The number of guanidine groups is 1. The lowest BCUT2D eigenvalue weighted by Gasteiger charge is -2.20. The number of ether oxygens (including phenoxy) is 2. The molecule has 8 heteroatoms. The molecule has 0 aliphatic rings. The first kappa shape index (κ1) is 25.3. The van der Waals surface area contributed by atoms with Crippen LogP contribution in [0, 0.1) is 0 Å². The molecule has 0 fully saturated rings. The first-order valence-corrected chi connectivity index (χ1v) is 8.91. The van der Waals surface area contributed by atoms with Crippen molar-refractivity contribution < 1.29 is 14.3 Å². The largest absolute Gasteiger partial charge is 0.497 e. The van der Waals surface area contributed by atoms with E-state index in [4.69, 9.17) is 9.47 Å². The zero-order chi connectivity index (χ0) is 19.5. The van der Waals surface area contributed by atoms with E-state index >= 15 is 0 Å². The van der Waals surface area contributed by atoms with Crippen LogP contribution in [-0.2, 0) is 4.79 Å². The molecule has 154 valence electrons. The van der Waals surface area contributed by atoms with Crippen LogP contribution in [0.5, 0.6) is 11.5 Å². The van der Waals surface area contributed by atoms with Crippen LogP contribution in [0.25, 0.3) is 0 Å². The Morgan fingerprint density at radius 3 is 2.52 bits per heavy atom. The first-order valence-electron chi connectivity index (χ1n) is 8.91. The summed E-state index contributed by atoms with van der Waals surface area (Å²) >= 11 is 0. The number of carbonyl (C=O) groups is 1. The average molecular weight is 492 g/mol. The maximum absolute atomic E-state index is 11.8. The molecule has 0 aromatic heterocycles. The highest BCUT2D eigenvalue weighted by molar-refractivity contribution is 14.0. The normalized spacial score (nSPS) is 13.0. The van der Waals surface area contributed by atoms with Crippen LogP contribution in [0.3, 0.4) is 0 Å². The smallest absolute Gasteiger partial charge is 0.243 e. The van der Waals surface area contributed by atoms with Crippen molar-refractivity contribution in [2.24, 2.45) is 4.99 Å². The average Bonchev–Trinajstić information content (AvgIpc) is 2.63. The van der Waals surface area contributed by atoms with E-state index in [0.717, 1.165) is 17.9 Å². The van der Waals surface area contributed by atoms with Gasteiger partial charge in [0.05, 0.1) is 13.7 Å². The van der Waals surface area contributed by atoms with Crippen LogP contribution in [0.2, 0.25) is 0 Å². The van der Waals surface area contributed by atoms with Crippen molar-refractivity contribution in [1.29, 1.82) is 0 Å². The number of methoxy groups -OCH3 is 1. The van der Waals surface area contributed by atoms with E-state index in [9.17, 15) is 4.79 Å². The molecule has 0 spiro atoms. The molecule has 1 amide bonds. The molecule has 0 saturated heterocycles. The van der Waals surface area contributed by atoms with E-state index in [1.54, 1.807) is 21.2 Å². The SMILES string of the molecule is CCC(C)NC(=NCC(=O)N(C)C)NCC(C)Oc1cccc(OC)c1.I. The Kier molecular flexibility index (Phi) is 12.6. The minimum Gasteiger partial charge on any atom is -0.497 e. The molecule has 2 atom stereocenters. The third-order valence-electron chi connectivity index (χ3n) is 3.80. The summed E-state index contributed by atoms with van der Waals surface area (Å²) in [7, 11) is 5.07. The molecule has 0 radical (unpaired) electrons. The minimum atomic E-state index is -0.0874. The molecule has 1 rings (SSSR count). The Balaban J connectivity index is 0.00000676. The topological polar surface area (TPSA) is 75.2 Å². The summed E-state index contributed by atoms with van der Waals surface area (Å²) in [6.07, 6.45) is 0.869. The molecule has 27 heavy (non-hydrogen) atoms. The highest BCUT2D eigenvalue weighted by atomic mass is 127. The van der Waals surface area contributed by atoms with Gasteiger partial charge in [0.2, 0.25) is 5.91 Å². The molecule has 0 aliphatic heterocycles. The predicted molar refractivity (Wildman–Crippen MR) is 120 cm³/mol. The lowest BCUT2D eigenvalue weighted by Crippen LogP contribution is -2.45. The van der Waals surface area contributed by atoms with Gasteiger partial charge in [0.1, 0.15) is 24.1 Å². The second kappa shape index (κ2) is 13.5. The summed E-state index contributed by atoms with van der Waals surface area (Å²) in [5.41, 5.74) is 0. The number of halogens is 1. The molecule has 0 heterocycles. The lowest BCUT2D eigenvalue weighted by atomic mass is 10.3. The highest BCUT2D eigenvalue weighted by Crippen LogP contribution is 2.19. The van der Waals surface area contributed by atoms with E-state index in [-0.39, 0.29) is 48.6 Å². The summed E-state index contributed by atoms with van der Waals surface area (Å²) in [6.45, 7) is 6.79. The van der Waals surface area contributed by atoms with Gasteiger partial charge in [0.15, 0.2) is 5.96 Å². The van der Waals surface area contributed by atoms with Crippen LogP contribution < -0.4 is 20.1 Å². The van der Waals surface area contributed by atoms with Crippen molar-refractivity contribution in [3.8, 4) is 11.5 Å². The number of aliphatic imine (C=N–C) groups is 1. The van der Waals surface area contributed by atoms with Crippen molar-refractivity contribution in [3.05, 3.63) is 24.3 Å². The van der Waals surface area contributed by atoms with Gasteiger partial charge in [0, 0.05) is 26.2 Å². The van der Waals surface area contributed by atoms with E-state index in [1.807, 2.05) is 31.2 Å². The second-order valence-electron chi connectivity index (χ2n) is 6.39. The summed E-state index contributed by atoms with van der Waals surface area (Å²) in [5, 5.41) is 6.53. The van der Waals surface area contributed by atoms with Crippen molar-refractivity contribution in [3.63, 3.8) is 0 Å². The maximum atomic E-state index is 11.8. The van der Waals surface area contributed by atoms with Crippen LogP contribution in [0.1, 0.15) is 27.2 Å².